The molecule has 0 spiro atoms. The second kappa shape index (κ2) is 5.04. The lowest BCUT2D eigenvalue weighted by Crippen LogP contribution is -2.45. The quantitative estimate of drug-likeness (QED) is 0.656. The van der Waals surface area contributed by atoms with E-state index < -0.39 is 11.9 Å². The topological polar surface area (TPSA) is 78.4 Å². The minimum atomic E-state index is -0.872. The van der Waals surface area contributed by atoms with Crippen LogP contribution in [0, 0.1) is 17.8 Å². The molecule has 1 saturated heterocycles. The predicted octanol–water partition coefficient (Wildman–Crippen LogP) is 0.211. The summed E-state index contributed by atoms with van der Waals surface area (Å²) in [6.07, 6.45) is 3.55. The van der Waals surface area contributed by atoms with E-state index in [1.54, 1.807) is 6.92 Å². The van der Waals surface area contributed by atoms with Crippen LogP contribution in [0.3, 0.4) is 0 Å². The Kier molecular flexibility index (Phi) is 3.66. The van der Waals surface area contributed by atoms with Gasteiger partial charge in [-0.15, -0.1) is 0 Å². The minimum Gasteiger partial charge on any atom is -0.481 e. The number of fused-ring (bicyclic) bond motifs is 1. The van der Waals surface area contributed by atoms with E-state index in [2.05, 4.69) is 10.6 Å². The van der Waals surface area contributed by atoms with Gasteiger partial charge in [-0.1, -0.05) is 13.3 Å². The molecule has 1 saturated carbocycles. The van der Waals surface area contributed by atoms with E-state index in [0.717, 1.165) is 13.0 Å². The molecule has 1 aliphatic heterocycles. The lowest BCUT2D eigenvalue weighted by Gasteiger charge is -2.18. The summed E-state index contributed by atoms with van der Waals surface area (Å²) in [5, 5.41) is 14.7. The first kappa shape index (κ1) is 12.4. The fraction of sp³-hybridized carbons (Fsp3) is 0.833. The number of aliphatic carboxylic acids is 1. The summed E-state index contributed by atoms with van der Waals surface area (Å²) in [5.74, 6) is -0.339. The fourth-order valence-electron chi connectivity index (χ4n) is 2.93. The molecule has 2 fully saturated rings. The van der Waals surface area contributed by atoms with Gasteiger partial charge in [0.1, 0.15) is 0 Å². The maximum Gasteiger partial charge on any atom is 0.308 e. The van der Waals surface area contributed by atoms with Gasteiger partial charge >= 0.3 is 5.97 Å². The standard InChI is InChI=1S/C12H20N2O3/c1-7(12(16)17)5-14-11(15)10-9-4-2-3-8(9)6-13-10/h7-10,13H,2-6H2,1H3,(H,14,15)(H,16,17). The smallest absolute Gasteiger partial charge is 0.308 e. The molecule has 0 aromatic heterocycles. The molecule has 0 bridgehead atoms. The van der Waals surface area contributed by atoms with Gasteiger partial charge in [0.15, 0.2) is 0 Å². The zero-order valence-corrected chi connectivity index (χ0v) is 10.1. The van der Waals surface area contributed by atoms with Crippen molar-refractivity contribution in [2.75, 3.05) is 13.1 Å². The molecule has 5 nitrogen and oxygen atoms in total. The number of rotatable bonds is 4. The van der Waals surface area contributed by atoms with Crippen molar-refractivity contribution < 1.29 is 14.7 Å². The van der Waals surface area contributed by atoms with Gasteiger partial charge in [-0.25, -0.2) is 0 Å². The van der Waals surface area contributed by atoms with Crippen molar-refractivity contribution in [1.29, 1.82) is 0 Å². The maximum atomic E-state index is 11.9. The Balaban J connectivity index is 1.82. The van der Waals surface area contributed by atoms with Gasteiger partial charge < -0.3 is 15.7 Å². The molecule has 0 aromatic carbocycles. The van der Waals surface area contributed by atoms with E-state index >= 15 is 0 Å². The van der Waals surface area contributed by atoms with Crippen LogP contribution in [0.4, 0.5) is 0 Å². The Morgan fingerprint density at radius 2 is 2.24 bits per heavy atom. The van der Waals surface area contributed by atoms with Crippen LogP contribution < -0.4 is 10.6 Å². The van der Waals surface area contributed by atoms with Crippen LogP contribution in [0.2, 0.25) is 0 Å². The number of carbonyl (C=O) groups excluding carboxylic acids is 1. The molecule has 3 N–H and O–H groups in total. The highest BCUT2D eigenvalue weighted by atomic mass is 16.4. The van der Waals surface area contributed by atoms with Gasteiger partial charge in [0.2, 0.25) is 5.91 Å². The predicted molar refractivity (Wildman–Crippen MR) is 62.4 cm³/mol. The molecule has 96 valence electrons. The lowest BCUT2D eigenvalue weighted by molar-refractivity contribution is -0.141. The van der Waals surface area contributed by atoms with Crippen molar-refractivity contribution in [2.45, 2.75) is 32.2 Å². The first-order chi connectivity index (χ1) is 8.09. The summed E-state index contributed by atoms with van der Waals surface area (Å²) >= 11 is 0. The third-order valence-electron chi connectivity index (χ3n) is 4.03. The largest absolute Gasteiger partial charge is 0.481 e. The third-order valence-corrected chi connectivity index (χ3v) is 4.03. The molecule has 0 radical (unpaired) electrons. The normalized spacial score (nSPS) is 33.1. The Labute approximate surface area is 101 Å². The molecule has 2 rings (SSSR count). The summed E-state index contributed by atoms with van der Waals surface area (Å²) < 4.78 is 0. The highest BCUT2D eigenvalue weighted by molar-refractivity contribution is 5.83. The average Bonchev–Trinajstić information content (AvgIpc) is 2.86. The molecule has 1 amide bonds. The van der Waals surface area contributed by atoms with Crippen LogP contribution in [0.25, 0.3) is 0 Å². The van der Waals surface area contributed by atoms with Gasteiger partial charge in [-0.3, -0.25) is 9.59 Å². The molecule has 1 heterocycles. The van der Waals surface area contributed by atoms with E-state index in [9.17, 15) is 9.59 Å². The van der Waals surface area contributed by atoms with E-state index in [0.29, 0.717) is 11.8 Å². The van der Waals surface area contributed by atoms with Crippen LogP contribution in [0.15, 0.2) is 0 Å². The van der Waals surface area contributed by atoms with Crippen LogP contribution >= 0.6 is 0 Å². The number of carbonyl (C=O) groups is 2. The summed E-state index contributed by atoms with van der Waals surface area (Å²) in [4.78, 5) is 22.6. The Morgan fingerprint density at radius 1 is 1.47 bits per heavy atom. The molecule has 4 atom stereocenters. The summed E-state index contributed by atoms with van der Waals surface area (Å²) in [6, 6.07) is -0.108. The van der Waals surface area contributed by atoms with Crippen molar-refractivity contribution in [3.05, 3.63) is 0 Å². The minimum absolute atomic E-state index is 0.0347. The number of hydrogen-bond acceptors (Lipinski definition) is 3. The number of nitrogens with one attached hydrogen (secondary N) is 2. The molecule has 1 aliphatic carbocycles. The SMILES string of the molecule is CC(CNC(=O)C1NCC2CCCC21)C(=O)O. The van der Waals surface area contributed by atoms with E-state index in [1.807, 2.05) is 0 Å². The second-order valence-electron chi connectivity index (χ2n) is 5.23. The van der Waals surface area contributed by atoms with Gasteiger partial charge in [0, 0.05) is 6.54 Å². The van der Waals surface area contributed by atoms with Gasteiger partial charge in [0.05, 0.1) is 12.0 Å². The van der Waals surface area contributed by atoms with Crippen LogP contribution in [0.1, 0.15) is 26.2 Å². The molecule has 2 aliphatic rings. The first-order valence-electron chi connectivity index (χ1n) is 6.33. The maximum absolute atomic E-state index is 11.9. The highest BCUT2D eigenvalue weighted by Crippen LogP contribution is 2.37. The molecule has 17 heavy (non-hydrogen) atoms. The second-order valence-corrected chi connectivity index (χ2v) is 5.23. The number of carboxylic acids is 1. The molecule has 4 unspecified atom stereocenters. The molecule has 5 heteroatoms. The van der Waals surface area contributed by atoms with Crippen LogP contribution in [-0.2, 0) is 9.59 Å². The van der Waals surface area contributed by atoms with Crippen LogP contribution in [0.5, 0.6) is 0 Å². The Morgan fingerprint density at radius 3 is 2.94 bits per heavy atom. The van der Waals surface area contributed by atoms with E-state index in [4.69, 9.17) is 5.11 Å². The Hall–Kier alpha value is -1.10. The molecule has 0 aromatic rings. The van der Waals surface area contributed by atoms with Crippen molar-refractivity contribution in [2.24, 2.45) is 17.8 Å². The van der Waals surface area contributed by atoms with Crippen molar-refractivity contribution >= 4 is 11.9 Å². The fourth-order valence-corrected chi connectivity index (χ4v) is 2.93. The van der Waals surface area contributed by atoms with Crippen molar-refractivity contribution in [3.63, 3.8) is 0 Å². The average molecular weight is 240 g/mol. The monoisotopic (exact) mass is 240 g/mol. The summed E-state index contributed by atoms with van der Waals surface area (Å²) in [7, 11) is 0. The summed E-state index contributed by atoms with van der Waals surface area (Å²) in [6.45, 7) is 2.74. The van der Waals surface area contributed by atoms with Crippen LogP contribution in [-0.4, -0.2) is 36.1 Å². The lowest BCUT2D eigenvalue weighted by atomic mass is 9.93. The van der Waals surface area contributed by atoms with Gasteiger partial charge in [-0.2, -0.15) is 0 Å². The van der Waals surface area contributed by atoms with E-state index in [1.165, 1.54) is 12.8 Å². The number of amides is 1. The van der Waals surface area contributed by atoms with Gasteiger partial charge in [-0.05, 0) is 31.2 Å². The first-order valence-corrected chi connectivity index (χ1v) is 6.33. The zero-order chi connectivity index (χ0) is 12.4. The Bertz CT molecular complexity index is 319. The summed E-state index contributed by atoms with van der Waals surface area (Å²) in [5.41, 5.74) is 0. The number of carboxylic acid groups (broad SMARTS) is 1. The third kappa shape index (κ3) is 2.60. The highest BCUT2D eigenvalue weighted by Gasteiger charge is 2.42. The van der Waals surface area contributed by atoms with Crippen molar-refractivity contribution in [1.82, 2.24) is 10.6 Å². The number of hydrogen-bond donors (Lipinski definition) is 3. The molecular formula is C12H20N2O3. The van der Waals surface area contributed by atoms with E-state index in [-0.39, 0.29) is 18.5 Å². The van der Waals surface area contributed by atoms with Crippen molar-refractivity contribution in [3.8, 4) is 0 Å². The zero-order valence-electron chi connectivity index (χ0n) is 10.1. The van der Waals surface area contributed by atoms with Gasteiger partial charge in [0.25, 0.3) is 0 Å². The molecular weight excluding hydrogens is 220 g/mol.